The van der Waals surface area contributed by atoms with Crippen molar-refractivity contribution in [2.75, 3.05) is 26.8 Å². The third kappa shape index (κ3) is 3.11. The van der Waals surface area contributed by atoms with Crippen molar-refractivity contribution in [3.63, 3.8) is 0 Å². The second kappa shape index (κ2) is 6.02. The molecule has 0 atom stereocenters. The molecule has 1 saturated heterocycles. The van der Waals surface area contributed by atoms with E-state index in [0.29, 0.717) is 24.0 Å². The van der Waals surface area contributed by atoms with E-state index in [2.05, 4.69) is 0 Å². The molecule has 1 aromatic heterocycles. The first kappa shape index (κ1) is 13.1. The molecule has 1 amide bonds. The van der Waals surface area contributed by atoms with E-state index in [0.717, 1.165) is 32.6 Å². The molecule has 0 bridgehead atoms. The fourth-order valence-electron chi connectivity index (χ4n) is 2.19. The van der Waals surface area contributed by atoms with E-state index in [9.17, 15) is 4.79 Å². The number of ether oxygens (including phenoxy) is 1. The fourth-order valence-corrected chi connectivity index (χ4v) is 2.19. The van der Waals surface area contributed by atoms with Gasteiger partial charge in [0.05, 0.1) is 6.54 Å². The number of carbonyl (C=O) groups is 1. The van der Waals surface area contributed by atoms with Crippen LogP contribution in [0.3, 0.4) is 0 Å². The molecule has 1 aliphatic heterocycles. The molecule has 2 rings (SSSR count). The Hall–Kier alpha value is -1.33. The first-order valence-corrected chi connectivity index (χ1v) is 6.32. The summed E-state index contributed by atoms with van der Waals surface area (Å²) in [5, 5.41) is 0. The summed E-state index contributed by atoms with van der Waals surface area (Å²) >= 11 is 0. The van der Waals surface area contributed by atoms with Crippen molar-refractivity contribution in [1.29, 1.82) is 0 Å². The molecule has 0 aliphatic carbocycles. The molecule has 1 aliphatic rings. The van der Waals surface area contributed by atoms with Crippen LogP contribution in [0.25, 0.3) is 0 Å². The minimum Gasteiger partial charge on any atom is -0.455 e. The van der Waals surface area contributed by atoms with Crippen LogP contribution in [0.2, 0.25) is 0 Å². The predicted molar refractivity (Wildman–Crippen MR) is 67.1 cm³/mol. The first-order chi connectivity index (χ1) is 8.70. The van der Waals surface area contributed by atoms with E-state index in [1.54, 1.807) is 17.0 Å². The number of nitrogens with two attached hydrogens (primary N) is 1. The molecule has 2 heterocycles. The number of nitrogens with zero attached hydrogens (tertiary/aromatic N) is 1. The summed E-state index contributed by atoms with van der Waals surface area (Å²) in [5.41, 5.74) is 5.46. The monoisotopic (exact) mass is 252 g/mol. The Morgan fingerprint density at radius 1 is 1.44 bits per heavy atom. The fraction of sp³-hybridized carbons (Fsp3) is 0.615. The van der Waals surface area contributed by atoms with E-state index in [-0.39, 0.29) is 5.91 Å². The Morgan fingerprint density at radius 3 is 2.78 bits per heavy atom. The van der Waals surface area contributed by atoms with Crippen molar-refractivity contribution < 1.29 is 13.9 Å². The Morgan fingerprint density at radius 2 is 2.17 bits per heavy atom. The number of carbonyl (C=O) groups excluding carboxylic acids is 1. The molecule has 0 saturated carbocycles. The summed E-state index contributed by atoms with van der Waals surface area (Å²) in [6, 6.07) is 3.43. The maximum absolute atomic E-state index is 12.1. The van der Waals surface area contributed by atoms with Gasteiger partial charge < -0.3 is 19.8 Å². The van der Waals surface area contributed by atoms with Gasteiger partial charge in [-0.3, -0.25) is 4.79 Å². The third-order valence-corrected chi connectivity index (χ3v) is 3.29. The molecule has 1 fully saturated rings. The van der Waals surface area contributed by atoms with Crippen LogP contribution in [-0.2, 0) is 11.3 Å². The Kier molecular flexibility index (Phi) is 4.38. The van der Waals surface area contributed by atoms with Crippen molar-refractivity contribution in [3.05, 3.63) is 23.7 Å². The molecule has 1 aromatic rings. The SMILES string of the molecule is CN(CC1CCOCC1)C(=O)c1ccc(CN)o1. The number of amides is 1. The minimum atomic E-state index is -0.0822. The smallest absolute Gasteiger partial charge is 0.289 e. The zero-order valence-corrected chi connectivity index (χ0v) is 10.7. The molecule has 2 N–H and O–H groups in total. The number of hydrogen-bond acceptors (Lipinski definition) is 4. The lowest BCUT2D eigenvalue weighted by Crippen LogP contribution is -2.34. The van der Waals surface area contributed by atoms with E-state index in [1.807, 2.05) is 7.05 Å². The lowest BCUT2D eigenvalue weighted by Gasteiger charge is -2.26. The van der Waals surface area contributed by atoms with Crippen LogP contribution in [-0.4, -0.2) is 37.6 Å². The van der Waals surface area contributed by atoms with Crippen molar-refractivity contribution in [2.45, 2.75) is 19.4 Å². The van der Waals surface area contributed by atoms with Crippen LogP contribution in [0.15, 0.2) is 16.5 Å². The highest BCUT2D eigenvalue weighted by molar-refractivity contribution is 5.91. The largest absolute Gasteiger partial charge is 0.455 e. The van der Waals surface area contributed by atoms with Crippen LogP contribution in [0.5, 0.6) is 0 Å². The lowest BCUT2D eigenvalue weighted by atomic mass is 10.00. The van der Waals surface area contributed by atoms with Crippen LogP contribution in [0.4, 0.5) is 0 Å². The van der Waals surface area contributed by atoms with E-state index >= 15 is 0 Å². The standard InChI is InChI=1S/C13H20N2O3/c1-15(9-10-4-6-17-7-5-10)13(16)12-3-2-11(8-14)18-12/h2-3,10H,4-9,14H2,1H3. The molecule has 0 unspecified atom stereocenters. The normalized spacial score (nSPS) is 16.8. The minimum absolute atomic E-state index is 0.0822. The highest BCUT2D eigenvalue weighted by atomic mass is 16.5. The average molecular weight is 252 g/mol. The summed E-state index contributed by atoms with van der Waals surface area (Å²) in [4.78, 5) is 13.8. The Balaban J connectivity index is 1.91. The molecule has 18 heavy (non-hydrogen) atoms. The summed E-state index contributed by atoms with van der Waals surface area (Å²) in [5.74, 6) is 1.45. The van der Waals surface area contributed by atoms with E-state index in [4.69, 9.17) is 14.9 Å². The lowest BCUT2D eigenvalue weighted by molar-refractivity contribution is 0.0485. The second-order valence-corrected chi connectivity index (χ2v) is 4.71. The molecule has 0 spiro atoms. The van der Waals surface area contributed by atoms with E-state index in [1.165, 1.54) is 0 Å². The quantitative estimate of drug-likeness (QED) is 0.875. The van der Waals surface area contributed by atoms with Gasteiger partial charge in [-0.2, -0.15) is 0 Å². The van der Waals surface area contributed by atoms with Gasteiger partial charge in [0, 0.05) is 26.8 Å². The summed E-state index contributed by atoms with van der Waals surface area (Å²) < 4.78 is 10.7. The highest BCUT2D eigenvalue weighted by Gasteiger charge is 2.21. The van der Waals surface area contributed by atoms with Crippen molar-refractivity contribution >= 4 is 5.91 Å². The Labute approximate surface area is 107 Å². The van der Waals surface area contributed by atoms with Gasteiger partial charge in [-0.15, -0.1) is 0 Å². The summed E-state index contributed by atoms with van der Waals surface area (Å²) in [7, 11) is 1.81. The van der Waals surface area contributed by atoms with Gasteiger partial charge in [0.2, 0.25) is 0 Å². The van der Waals surface area contributed by atoms with Gasteiger partial charge in [-0.25, -0.2) is 0 Å². The molecule has 0 aromatic carbocycles. The molecular weight excluding hydrogens is 232 g/mol. The van der Waals surface area contributed by atoms with Gasteiger partial charge in [0.15, 0.2) is 5.76 Å². The Bertz CT molecular complexity index is 397. The number of rotatable bonds is 4. The molecular formula is C13H20N2O3. The van der Waals surface area contributed by atoms with E-state index < -0.39 is 0 Å². The summed E-state index contributed by atoms with van der Waals surface area (Å²) in [6.45, 7) is 2.66. The zero-order chi connectivity index (χ0) is 13.0. The van der Waals surface area contributed by atoms with Gasteiger partial charge in [0.1, 0.15) is 5.76 Å². The zero-order valence-electron chi connectivity index (χ0n) is 10.7. The number of hydrogen-bond donors (Lipinski definition) is 1. The van der Waals surface area contributed by atoms with Gasteiger partial charge in [-0.1, -0.05) is 0 Å². The maximum Gasteiger partial charge on any atom is 0.289 e. The van der Waals surface area contributed by atoms with Crippen LogP contribution >= 0.6 is 0 Å². The van der Waals surface area contributed by atoms with Crippen LogP contribution < -0.4 is 5.73 Å². The highest BCUT2D eigenvalue weighted by Crippen LogP contribution is 2.17. The molecule has 0 radical (unpaired) electrons. The number of furan rings is 1. The first-order valence-electron chi connectivity index (χ1n) is 6.32. The average Bonchev–Trinajstić information content (AvgIpc) is 2.87. The van der Waals surface area contributed by atoms with Gasteiger partial charge in [0.25, 0.3) is 5.91 Å². The van der Waals surface area contributed by atoms with Crippen molar-refractivity contribution in [3.8, 4) is 0 Å². The van der Waals surface area contributed by atoms with Crippen molar-refractivity contribution in [2.24, 2.45) is 11.7 Å². The van der Waals surface area contributed by atoms with Crippen LogP contribution in [0, 0.1) is 5.92 Å². The van der Waals surface area contributed by atoms with Gasteiger partial charge >= 0.3 is 0 Å². The molecule has 5 nitrogen and oxygen atoms in total. The molecule has 100 valence electrons. The molecule has 5 heteroatoms. The predicted octanol–water partition coefficient (Wildman–Crippen LogP) is 1.24. The summed E-state index contributed by atoms with van der Waals surface area (Å²) in [6.07, 6.45) is 2.04. The van der Waals surface area contributed by atoms with Crippen molar-refractivity contribution in [1.82, 2.24) is 4.90 Å². The second-order valence-electron chi connectivity index (χ2n) is 4.71. The third-order valence-electron chi connectivity index (χ3n) is 3.29. The van der Waals surface area contributed by atoms with Gasteiger partial charge in [-0.05, 0) is 30.9 Å². The topological polar surface area (TPSA) is 68.7 Å². The maximum atomic E-state index is 12.1. The van der Waals surface area contributed by atoms with Crippen LogP contribution in [0.1, 0.15) is 29.2 Å².